The van der Waals surface area contributed by atoms with Crippen LogP contribution < -0.4 is 5.43 Å². The van der Waals surface area contributed by atoms with Gasteiger partial charge in [0.25, 0.3) is 0 Å². The molecule has 0 spiro atoms. The van der Waals surface area contributed by atoms with E-state index in [4.69, 9.17) is 4.42 Å². The van der Waals surface area contributed by atoms with Gasteiger partial charge in [-0.2, -0.15) is 0 Å². The molecule has 0 unspecified atom stereocenters. The Morgan fingerprint density at radius 2 is 1.88 bits per heavy atom. The molecule has 0 saturated heterocycles. The summed E-state index contributed by atoms with van der Waals surface area (Å²) in [4.78, 5) is 19.5. The van der Waals surface area contributed by atoms with Gasteiger partial charge >= 0.3 is 0 Å². The molecule has 4 aromatic rings. The molecule has 0 aliphatic rings. The number of phenols is 1. The summed E-state index contributed by atoms with van der Waals surface area (Å²) in [7, 11) is 3.79. The second kappa shape index (κ2) is 6.28. The highest BCUT2D eigenvalue weighted by Crippen LogP contribution is 2.28. The predicted octanol–water partition coefficient (Wildman–Crippen LogP) is 3.78. The highest BCUT2D eigenvalue weighted by atomic mass is 16.3. The number of para-hydroxylation sites is 1. The molecular formula is C21H18N2O3. The lowest BCUT2D eigenvalue weighted by Crippen LogP contribution is -2.13. The molecule has 0 bridgehead atoms. The van der Waals surface area contributed by atoms with Crippen molar-refractivity contribution < 1.29 is 9.52 Å². The van der Waals surface area contributed by atoms with E-state index in [0.29, 0.717) is 34.3 Å². The van der Waals surface area contributed by atoms with Crippen LogP contribution in [-0.2, 0) is 6.54 Å². The number of pyridine rings is 1. The Hall–Kier alpha value is -3.18. The minimum atomic E-state index is -0.158. The van der Waals surface area contributed by atoms with Gasteiger partial charge in [-0.1, -0.05) is 24.3 Å². The predicted molar refractivity (Wildman–Crippen MR) is 102 cm³/mol. The van der Waals surface area contributed by atoms with Crippen LogP contribution in [0.1, 0.15) is 5.56 Å². The van der Waals surface area contributed by atoms with E-state index in [-0.39, 0.29) is 11.2 Å². The van der Waals surface area contributed by atoms with Crippen LogP contribution in [0.2, 0.25) is 0 Å². The van der Waals surface area contributed by atoms with Crippen molar-refractivity contribution in [1.82, 2.24) is 9.88 Å². The molecule has 0 saturated carbocycles. The number of hydrogen-bond acceptors (Lipinski definition) is 5. The highest BCUT2D eigenvalue weighted by molar-refractivity contribution is 5.86. The van der Waals surface area contributed by atoms with Crippen LogP contribution in [0.25, 0.3) is 33.1 Å². The number of phenolic OH excluding ortho intramolecular Hbond substituents is 1. The maximum atomic E-state index is 13.0. The van der Waals surface area contributed by atoms with Gasteiger partial charge in [0, 0.05) is 11.9 Å². The van der Waals surface area contributed by atoms with E-state index in [1.165, 1.54) is 12.3 Å². The van der Waals surface area contributed by atoms with Gasteiger partial charge in [0.05, 0.1) is 27.7 Å². The molecule has 2 aromatic carbocycles. The van der Waals surface area contributed by atoms with Crippen LogP contribution in [0.4, 0.5) is 0 Å². The third-order valence-corrected chi connectivity index (χ3v) is 4.37. The molecule has 130 valence electrons. The zero-order valence-electron chi connectivity index (χ0n) is 14.6. The summed E-state index contributed by atoms with van der Waals surface area (Å²) in [6.45, 7) is 0.472. The van der Waals surface area contributed by atoms with Crippen LogP contribution in [0.15, 0.2) is 64.0 Å². The first-order chi connectivity index (χ1) is 12.5. The highest BCUT2D eigenvalue weighted by Gasteiger charge is 2.16. The van der Waals surface area contributed by atoms with Crippen molar-refractivity contribution in [2.24, 2.45) is 0 Å². The summed E-state index contributed by atoms with van der Waals surface area (Å²) in [5, 5.41) is 11.6. The first-order valence-electron chi connectivity index (χ1n) is 8.32. The van der Waals surface area contributed by atoms with Gasteiger partial charge in [0.2, 0.25) is 5.43 Å². The molecule has 4 rings (SSSR count). The van der Waals surface area contributed by atoms with Crippen LogP contribution in [0.5, 0.6) is 5.75 Å². The number of hydrogen-bond donors (Lipinski definition) is 1. The topological polar surface area (TPSA) is 66.6 Å². The molecule has 0 fully saturated rings. The monoisotopic (exact) mass is 346 g/mol. The quantitative estimate of drug-likeness (QED) is 0.611. The zero-order valence-corrected chi connectivity index (χ0v) is 14.6. The lowest BCUT2D eigenvalue weighted by atomic mass is 10.1. The third kappa shape index (κ3) is 2.72. The first kappa shape index (κ1) is 16.3. The van der Waals surface area contributed by atoms with Crippen molar-refractivity contribution >= 4 is 21.9 Å². The fraction of sp³-hybridized carbons (Fsp3) is 0.143. The fourth-order valence-electron chi connectivity index (χ4n) is 3.11. The second-order valence-electron chi connectivity index (χ2n) is 6.55. The lowest BCUT2D eigenvalue weighted by molar-refractivity contribution is 0.384. The molecule has 5 nitrogen and oxygen atoms in total. The van der Waals surface area contributed by atoms with Gasteiger partial charge in [-0.05, 0) is 38.4 Å². The first-order valence-corrected chi connectivity index (χ1v) is 8.32. The number of fused-ring (bicyclic) bond motifs is 2. The normalized spacial score (nSPS) is 11.5. The SMILES string of the molecule is CN(C)Cc1c(O)ccc2c(=O)c(-c3ccc4ccccc4n3)coc12. The number of aromatic hydroxyl groups is 1. The van der Waals surface area contributed by atoms with Crippen LogP contribution >= 0.6 is 0 Å². The van der Waals surface area contributed by atoms with E-state index in [1.807, 2.05) is 55.4 Å². The Morgan fingerprint density at radius 3 is 2.69 bits per heavy atom. The maximum Gasteiger partial charge on any atom is 0.202 e. The van der Waals surface area contributed by atoms with Crippen LogP contribution in [0.3, 0.4) is 0 Å². The van der Waals surface area contributed by atoms with Gasteiger partial charge < -0.3 is 14.4 Å². The average molecular weight is 346 g/mol. The molecular weight excluding hydrogens is 328 g/mol. The molecule has 5 heteroatoms. The molecule has 0 aliphatic heterocycles. The van der Waals surface area contributed by atoms with Crippen molar-refractivity contribution in [3.8, 4) is 17.0 Å². The van der Waals surface area contributed by atoms with Crippen molar-refractivity contribution in [2.75, 3.05) is 14.1 Å². The van der Waals surface area contributed by atoms with E-state index in [2.05, 4.69) is 4.98 Å². The van der Waals surface area contributed by atoms with E-state index in [9.17, 15) is 9.90 Å². The molecule has 0 radical (unpaired) electrons. The summed E-state index contributed by atoms with van der Waals surface area (Å²) >= 11 is 0. The number of aromatic nitrogens is 1. The van der Waals surface area contributed by atoms with Crippen molar-refractivity contribution in [3.05, 3.63) is 70.6 Å². The fourth-order valence-corrected chi connectivity index (χ4v) is 3.11. The standard InChI is InChI=1S/C21H18N2O3/c1-23(2)11-15-19(24)10-8-14-20(25)16(12-26-21(14)15)18-9-7-13-5-3-4-6-17(13)22-18/h3-10,12,24H,11H2,1-2H3. The summed E-state index contributed by atoms with van der Waals surface area (Å²) < 4.78 is 5.78. The minimum absolute atomic E-state index is 0.117. The zero-order chi connectivity index (χ0) is 18.3. The molecule has 2 heterocycles. The average Bonchev–Trinajstić information content (AvgIpc) is 2.64. The molecule has 2 aromatic heterocycles. The number of benzene rings is 2. The van der Waals surface area contributed by atoms with Gasteiger partial charge in [-0.25, -0.2) is 4.98 Å². The van der Waals surface area contributed by atoms with E-state index in [0.717, 1.165) is 10.9 Å². The van der Waals surface area contributed by atoms with Crippen molar-refractivity contribution in [1.29, 1.82) is 0 Å². The Kier molecular flexibility index (Phi) is 3.93. The van der Waals surface area contributed by atoms with E-state index >= 15 is 0 Å². The second-order valence-corrected chi connectivity index (χ2v) is 6.55. The Balaban J connectivity index is 1.93. The van der Waals surface area contributed by atoms with Gasteiger partial charge in [0.15, 0.2) is 0 Å². The van der Waals surface area contributed by atoms with E-state index in [1.54, 1.807) is 6.07 Å². The molecule has 0 aliphatic carbocycles. The smallest absolute Gasteiger partial charge is 0.202 e. The van der Waals surface area contributed by atoms with Gasteiger partial charge in [0.1, 0.15) is 17.6 Å². The Labute approximate surface area is 150 Å². The molecule has 0 atom stereocenters. The number of nitrogens with zero attached hydrogens (tertiary/aromatic N) is 2. The Morgan fingerprint density at radius 1 is 1.08 bits per heavy atom. The van der Waals surface area contributed by atoms with Crippen molar-refractivity contribution in [2.45, 2.75) is 6.54 Å². The summed E-state index contributed by atoms with van der Waals surface area (Å²) in [5.74, 6) is 0.117. The summed E-state index contributed by atoms with van der Waals surface area (Å²) in [6, 6.07) is 14.7. The van der Waals surface area contributed by atoms with Gasteiger partial charge in [-0.15, -0.1) is 0 Å². The minimum Gasteiger partial charge on any atom is -0.507 e. The summed E-state index contributed by atoms with van der Waals surface area (Å²) in [5.41, 5.74) is 2.65. The molecule has 1 N–H and O–H groups in total. The third-order valence-electron chi connectivity index (χ3n) is 4.37. The Bertz CT molecular complexity index is 1180. The van der Waals surface area contributed by atoms with Crippen molar-refractivity contribution in [3.63, 3.8) is 0 Å². The van der Waals surface area contributed by atoms with Crippen LogP contribution in [-0.4, -0.2) is 29.1 Å². The molecule has 26 heavy (non-hydrogen) atoms. The maximum absolute atomic E-state index is 13.0. The lowest BCUT2D eigenvalue weighted by Gasteiger charge is -2.13. The van der Waals surface area contributed by atoms with Crippen LogP contribution in [0, 0.1) is 0 Å². The van der Waals surface area contributed by atoms with E-state index < -0.39 is 0 Å². The summed E-state index contributed by atoms with van der Waals surface area (Å²) in [6.07, 6.45) is 1.43. The number of rotatable bonds is 3. The largest absolute Gasteiger partial charge is 0.507 e. The van der Waals surface area contributed by atoms with Gasteiger partial charge in [-0.3, -0.25) is 4.79 Å². The molecule has 0 amide bonds.